The molecule has 2 aromatic carbocycles. The highest BCUT2D eigenvalue weighted by Crippen LogP contribution is 2.29. The molecule has 28 heavy (non-hydrogen) atoms. The lowest BCUT2D eigenvalue weighted by molar-refractivity contribution is 0.355. The van der Waals surface area contributed by atoms with E-state index in [0.717, 1.165) is 16.9 Å². The summed E-state index contributed by atoms with van der Waals surface area (Å²) in [6.07, 6.45) is 3.77. The van der Waals surface area contributed by atoms with E-state index in [-0.39, 0.29) is 0 Å². The second-order valence-corrected chi connectivity index (χ2v) is 6.33. The minimum absolute atomic E-state index is 0.570. The van der Waals surface area contributed by atoms with Crippen LogP contribution >= 0.6 is 11.6 Å². The number of anilines is 1. The molecule has 0 spiro atoms. The molecule has 0 atom stereocenters. The molecular formula is C20H22ClN5O2. The van der Waals surface area contributed by atoms with E-state index in [1.165, 1.54) is 0 Å². The fourth-order valence-corrected chi connectivity index (χ4v) is 2.73. The van der Waals surface area contributed by atoms with Crippen LogP contribution in [0.1, 0.15) is 5.56 Å². The number of ether oxygens (including phenoxy) is 2. The number of hydrogen-bond donors (Lipinski definition) is 2. The van der Waals surface area contributed by atoms with Gasteiger partial charge in [0.1, 0.15) is 0 Å². The van der Waals surface area contributed by atoms with Crippen LogP contribution < -0.4 is 20.1 Å². The number of aliphatic imine (C=N–C) groups is 1. The quantitative estimate of drug-likeness (QED) is 0.488. The average Bonchev–Trinajstić information content (AvgIpc) is 3.20. The van der Waals surface area contributed by atoms with Gasteiger partial charge in [0.15, 0.2) is 17.5 Å². The van der Waals surface area contributed by atoms with Crippen LogP contribution in [0, 0.1) is 0 Å². The predicted octanol–water partition coefficient (Wildman–Crippen LogP) is 3.73. The molecule has 146 valence electrons. The molecule has 0 radical (unpaired) electrons. The zero-order valence-electron chi connectivity index (χ0n) is 15.9. The van der Waals surface area contributed by atoms with E-state index >= 15 is 0 Å². The summed E-state index contributed by atoms with van der Waals surface area (Å²) in [5.74, 6) is 1.95. The maximum Gasteiger partial charge on any atom is 0.195 e. The topological polar surface area (TPSA) is 72.7 Å². The van der Waals surface area contributed by atoms with Crippen molar-refractivity contribution >= 4 is 23.2 Å². The zero-order chi connectivity index (χ0) is 19.9. The Morgan fingerprint density at radius 2 is 1.86 bits per heavy atom. The molecule has 1 aromatic heterocycles. The first-order valence-electron chi connectivity index (χ1n) is 8.62. The van der Waals surface area contributed by atoms with E-state index in [2.05, 4.69) is 20.7 Å². The highest BCUT2D eigenvalue weighted by molar-refractivity contribution is 6.30. The summed E-state index contributed by atoms with van der Waals surface area (Å²) in [6, 6.07) is 13.1. The molecule has 3 aromatic rings. The molecule has 1 heterocycles. The van der Waals surface area contributed by atoms with Crippen molar-refractivity contribution in [2.45, 2.75) is 6.54 Å². The number of nitrogens with zero attached hydrogens (tertiary/aromatic N) is 3. The van der Waals surface area contributed by atoms with Gasteiger partial charge in [0.05, 0.1) is 26.1 Å². The maximum absolute atomic E-state index is 5.93. The summed E-state index contributed by atoms with van der Waals surface area (Å²) in [7, 11) is 4.93. The molecule has 0 aliphatic rings. The van der Waals surface area contributed by atoms with Gasteiger partial charge in [0.2, 0.25) is 0 Å². The van der Waals surface area contributed by atoms with Crippen molar-refractivity contribution in [2.75, 3.05) is 26.6 Å². The Hall–Kier alpha value is -3.19. The molecule has 0 amide bonds. The third kappa shape index (κ3) is 4.75. The van der Waals surface area contributed by atoms with Gasteiger partial charge in [-0.3, -0.25) is 4.99 Å². The monoisotopic (exact) mass is 399 g/mol. The minimum Gasteiger partial charge on any atom is -0.493 e. The van der Waals surface area contributed by atoms with Crippen LogP contribution in [0.4, 0.5) is 5.69 Å². The Kier molecular flexibility index (Phi) is 6.39. The van der Waals surface area contributed by atoms with E-state index in [1.807, 2.05) is 54.9 Å². The van der Waals surface area contributed by atoms with Gasteiger partial charge in [-0.05, 0) is 36.4 Å². The zero-order valence-corrected chi connectivity index (χ0v) is 16.7. The van der Waals surface area contributed by atoms with Gasteiger partial charge in [0, 0.05) is 42.1 Å². The van der Waals surface area contributed by atoms with Crippen LogP contribution in [-0.2, 0) is 6.54 Å². The number of methoxy groups -OCH3 is 2. The van der Waals surface area contributed by atoms with Gasteiger partial charge < -0.3 is 20.1 Å². The van der Waals surface area contributed by atoms with Crippen molar-refractivity contribution in [3.8, 4) is 17.2 Å². The molecule has 0 aliphatic heterocycles. The predicted molar refractivity (Wildman–Crippen MR) is 112 cm³/mol. The van der Waals surface area contributed by atoms with Crippen LogP contribution in [0.5, 0.6) is 11.5 Å². The van der Waals surface area contributed by atoms with Gasteiger partial charge in [-0.15, -0.1) is 0 Å². The third-order valence-electron chi connectivity index (χ3n) is 4.06. The van der Waals surface area contributed by atoms with Crippen molar-refractivity contribution < 1.29 is 9.47 Å². The number of benzene rings is 2. The standard InChI is InChI=1S/C20H22ClN5O2/c1-22-20(25-16-6-9-18(27-2)19(10-16)28-3)23-11-14-12-24-26(13-14)17-7-4-15(21)5-8-17/h4-10,12-13H,11H2,1-3H3,(H2,22,23,25). The lowest BCUT2D eigenvalue weighted by Crippen LogP contribution is -2.30. The fourth-order valence-electron chi connectivity index (χ4n) is 2.60. The first kappa shape index (κ1) is 19.6. The average molecular weight is 400 g/mol. The van der Waals surface area contributed by atoms with Crippen LogP contribution in [0.25, 0.3) is 5.69 Å². The summed E-state index contributed by atoms with van der Waals surface area (Å²) in [5.41, 5.74) is 2.80. The highest BCUT2D eigenvalue weighted by Gasteiger charge is 2.07. The largest absolute Gasteiger partial charge is 0.493 e. The van der Waals surface area contributed by atoms with Gasteiger partial charge in [0.25, 0.3) is 0 Å². The fraction of sp³-hybridized carbons (Fsp3) is 0.200. The Morgan fingerprint density at radius 3 is 2.54 bits per heavy atom. The molecule has 0 bridgehead atoms. The van der Waals surface area contributed by atoms with Gasteiger partial charge in [-0.1, -0.05) is 11.6 Å². The Labute approximate surface area is 169 Å². The molecule has 0 unspecified atom stereocenters. The first-order chi connectivity index (χ1) is 13.6. The molecule has 0 fully saturated rings. The lowest BCUT2D eigenvalue weighted by Gasteiger charge is -2.13. The van der Waals surface area contributed by atoms with E-state index in [9.17, 15) is 0 Å². The van der Waals surface area contributed by atoms with Crippen molar-refractivity contribution in [2.24, 2.45) is 4.99 Å². The van der Waals surface area contributed by atoms with Crippen molar-refractivity contribution in [3.63, 3.8) is 0 Å². The lowest BCUT2D eigenvalue weighted by atomic mass is 10.2. The van der Waals surface area contributed by atoms with Gasteiger partial charge in [-0.25, -0.2) is 4.68 Å². The number of aromatic nitrogens is 2. The molecule has 0 saturated carbocycles. The third-order valence-corrected chi connectivity index (χ3v) is 4.31. The Bertz CT molecular complexity index is 953. The second kappa shape index (κ2) is 9.14. The Morgan fingerprint density at radius 1 is 1.11 bits per heavy atom. The summed E-state index contributed by atoms with van der Waals surface area (Å²) in [5, 5.41) is 11.6. The Balaban J connectivity index is 1.62. The van der Waals surface area contributed by atoms with Crippen LogP contribution in [-0.4, -0.2) is 37.0 Å². The molecule has 3 rings (SSSR count). The summed E-state index contributed by atoms with van der Waals surface area (Å²) in [6.45, 7) is 0.570. The smallest absolute Gasteiger partial charge is 0.195 e. The van der Waals surface area contributed by atoms with Crippen LogP contribution in [0.15, 0.2) is 59.9 Å². The van der Waals surface area contributed by atoms with Crippen molar-refractivity contribution in [3.05, 3.63) is 65.4 Å². The molecule has 2 N–H and O–H groups in total. The molecular weight excluding hydrogens is 378 g/mol. The second-order valence-electron chi connectivity index (χ2n) is 5.89. The van der Waals surface area contributed by atoms with Crippen molar-refractivity contribution in [1.82, 2.24) is 15.1 Å². The van der Waals surface area contributed by atoms with Crippen LogP contribution in [0.3, 0.4) is 0 Å². The van der Waals surface area contributed by atoms with E-state index < -0.39 is 0 Å². The molecule has 8 heteroatoms. The number of hydrogen-bond acceptors (Lipinski definition) is 4. The van der Waals surface area contributed by atoms with Crippen LogP contribution in [0.2, 0.25) is 5.02 Å². The van der Waals surface area contributed by atoms with Gasteiger partial charge >= 0.3 is 0 Å². The number of halogens is 1. The van der Waals surface area contributed by atoms with E-state index in [4.69, 9.17) is 21.1 Å². The summed E-state index contributed by atoms with van der Waals surface area (Å²) in [4.78, 5) is 4.25. The normalized spacial score (nSPS) is 11.2. The molecule has 0 saturated heterocycles. The van der Waals surface area contributed by atoms with Gasteiger partial charge in [-0.2, -0.15) is 5.10 Å². The first-order valence-corrected chi connectivity index (χ1v) is 9.00. The molecule has 7 nitrogen and oxygen atoms in total. The SMILES string of the molecule is CN=C(NCc1cnn(-c2ccc(Cl)cc2)c1)Nc1ccc(OC)c(OC)c1. The minimum atomic E-state index is 0.570. The summed E-state index contributed by atoms with van der Waals surface area (Å²) < 4.78 is 12.4. The van der Waals surface area contributed by atoms with E-state index in [1.54, 1.807) is 25.9 Å². The van der Waals surface area contributed by atoms with Crippen molar-refractivity contribution in [1.29, 1.82) is 0 Å². The maximum atomic E-state index is 5.93. The number of guanidine groups is 1. The molecule has 0 aliphatic carbocycles. The highest BCUT2D eigenvalue weighted by atomic mass is 35.5. The number of nitrogens with one attached hydrogen (secondary N) is 2. The number of rotatable bonds is 6. The summed E-state index contributed by atoms with van der Waals surface area (Å²) >= 11 is 5.93. The van der Waals surface area contributed by atoms with E-state index in [0.29, 0.717) is 29.0 Å².